The number of rotatable bonds is 4. The van der Waals surface area contributed by atoms with Crippen LogP contribution >= 0.6 is 11.6 Å². The molecule has 3 rings (SSSR count). The van der Waals surface area contributed by atoms with Gasteiger partial charge in [0.15, 0.2) is 0 Å². The second-order valence-corrected chi connectivity index (χ2v) is 5.33. The van der Waals surface area contributed by atoms with Crippen molar-refractivity contribution in [3.8, 4) is 5.69 Å². The number of aryl methyl sites for hydroxylation is 1. The van der Waals surface area contributed by atoms with Gasteiger partial charge in [0.05, 0.1) is 11.9 Å². The van der Waals surface area contributed by atoms with E-state index in [2.05, 4.69) is 16.5 Å². The third-order valence-electron chi connectivity index (χ3n) is 3.16. The topological polar surface area (TPSA) is 29.9 Å². The average Bonchev–Trinajstić information content (AvgIpc) is 3.09. The van der Waals surface area contributed by atoms with Crippen LogP contribution in [0.25, 0.3) is 5.69 Å². The Morgan fingerprint density at radius 3 is 2.94 bits per heavy atom. The van der Waals surface area contributed by atoms with Crippen molar-refractivity contribution in [3.05, 3.63) is 46.7 Å². The minimum atomic E-state index is 0.702. The molecule has 0 aliphatic heterocycles. The molecular weight excluding hydrogens is 246 g/mol. The third-order valence-corrected chi connectivity index (χ3v) is 3.40. The van der Waals surface area contributed by atoms with E-state index in [9.17, 15) is 0 Å². The molecule has 0 amide bonds. The van der Waals surface area contributed by atoms with Crippen molar-refractivity contribution in [2.24, 2.45) is 0 Å². The molecule has 94 valence electrons. The fourth-order valence-corrected chi connectivity index (χ4v) is 2.15. The Bertz CT molecular complexity index is 558. The van der Waals surface area contributed by atoms with Crippen molar-refractivity contribution in [3.63, 3.8) is 0 Å². The highest BCUT2D eigenvalue weighted by atomic mass is 35.5. The molecule has 0 bridgehead atoms. The summed E-state index contributed by atoms with van der Waals surface area (Å²) in [5, 5.41) is 8.63. The largest absolute Gasteiger partial charge is 0.310 e. The van der Waals surface area contributed by atoms with Gasteiger partial charge in [-0.15, -0.1) is 0 Å². The second-order valence-electron chi connectivity index (χ2n) is 4.89. The molecule has 1 aliphatic rings. The molecule has 1 fully saturated rings. The summed E-state index contributed by atoms with van der Waals surface area (Å²) < 4.78 is 1.89. The van der Waals surface area contributed by atoms with Gasteiger partial charge in [-0.2, -0.15) is 5.10 Å². The molecule has 0 spiro atoms. The second kappa shape index (κ2) is 4.75. The zero-order valence-corrected chi connectivity index (χ0v) is 11.1. The number of hydrogen-bond donors (Lipinski definition) is 1. The molecule has 1 aromatic carbocycles. The van der Waals surface area contributed by atoms with Crippen LogP contribution in [-0.2, 0) is 6.54 Å². The highest BCUT2D eigenvalue weighted by Gasteiger charge is 2.20. The van der Waals surface area contributed by atoms with Gasteiger partial charge in [-0.05, 0) is 43.0 Å². The summed E-state index contributed by atoms with van der Waals surface area (Å²) >= 11 is 6.09. The van der Waals surface area contributed by atoms with Crippen molar-refractivity contribution in [2.45, 2.75) is 32.4 Å². The molecular formula is C14H16ClN3. The normalized spacial score (nSPS) is 15.0. The molecule has 1 N–H and O–H groups in total. The lowest BCUT2D eigenvalue weighted by Gasteiger charge is -2.11. The first kappa shape index (κ1) is 11.8. The van der Waals surface area contributed by atoms with E-state index in [0.717, 1.165) is 22.8 Å². The van der Waals surface area contributed by atoms with Crippen LogP contribution in [0.3, 0.4) is 0 Å². The Hall–Kier alpha value is -1.32. The number of nitrogens with zero attached hydrogens (tertiary/aromatic N) is 2. The van der Waals surface area contributed by atoms with Gasteiger partial charge >= 0.3 is 0 Å². The fourth-order valence-electron chi connectivity index (χ4n) is 1.99. The van der Waals surface area contributed by atoms with Gasteiger partial charge in [0, 0.05) is 23.8 Å². The summed E-state index contributed by atoms with van der Waals surface area (Å²) in [5.74, 6) is 0. The molecule has 3 nitrogen and oxygen atoms in total. The van der Waals surface area contributed by atoms with Gasteiger partial charge in [-0.25, -0.2) is 4.68 Å². The third kappa shape index (κ3) is 2.57. The predicted octanol–water partition coefficient (Wildman–Crippen LogP) is 3.09. The summed E-state index contributed by atoms with van der Waals surface area (Å²) in [4.78, 5) is 0. The van der Waals surface area contributed by atoms with E-state index in [1.54, 1.807) is 0 Å². The Balaban J connectivity index is 1.91. The van der Waals surface area contributed by atoms with Crippen LogP contribution in [0, 0.1) is 6.92 Å². The van der Waals surface area contributed by atoms with Gasteiger partial charge < -0.3 is 5.32 Å². The molecule has 0 saturated heterocycles. The Kier molecular flexibility index (Phi) is 3.10. The number of hydrogen-bond acceptors (Lipinski definition) is 2. The first-order valence-electron chi connectivity index (χ1n) is 6.26. The molecule has 0 unspecified atom stereocenters. The zero-order chi connectivity index (χ0) is 12.5. The molecule has 1 aliphatic carbocycles. The summed E-state index contributed by atoms with van der Waals surface area (Å²) in [5.41, 5.74) is 3.44. The predicted molar refractivity (Wildman–Crippen MR) is 73.2 cm³/mol. The highest BCUT2D eigenvalue weighted by molar-refractivity contribution is 6.30. The van der Waals surface area contributed by atoms with Crippen molar-refractivity contribution >= 4 is 11.6 Å². The smallest absolute Gasteiger partial charge is 0.0705 e. The number of benzene rings is 1. The Morgan fingerprint density at radius 1 is 1.44 bits per heavy atom. The molecule has 1 saturated carbocycles. The molecule has 1 aromatic heterocycles. The monoisotopic (exact) mass is 261 g/mol. The molecule has 0 atom stereocenters. The standard InChI is InChI=1S/C14H16ClN3/c1-10-7-17-18(9-10)14-6-12(15)3-2-11(14)8-16-13-4-5-13/h2-3,6-7,9,13,16H,4-5,8H2,1H3. The van der Waals surface area contributed by atoms with Crippen LogP contribution in [-0.4, -0.2) is 15.8 Å². The van der Waals surface area contributed by atoms with Crippen LogP contribution in [0.15, 0.2) is 30.6 Å². The fraction of sp³-hybridized carbons (Fsp3) is 0.357. The van der Waals surface area contributed by atoms with Crippen LogP contribution in [0.1, 0.15) is 24.0 Å². The quantitative estimate of drug-likeness (QED) is 0.917. The Morgan fingerprint density at radius 2 is 2.28 bits per heavy atom. The van der Waals surface area contributed by atoms with E-state index < -0.39 is 0 Å². The van der Waals surface area contributed by atoms with Crippen LogP contribution in [0.4, 0.5) is 0 Å². The lowest BCUT2D eigenvalue weighted by Crippen LogP contribution is -2.17. The van der Waals surface area contributed by atoms with Crippen LogP contribution in [0.2, 0.25) is 5.02 Å². The van der Waals surface area contributed by atoms with Gasteiger partial charge in [-0.3, -0.25) is 0 Å². The summed E-state index contributed by atoms with van der Waals surface area (Å²) in [6, 6.07) is 6.68. The van der Waals surface area contributed by atoms with E-state index in [-0.39, 0.29) is 0 Å². The highest BCUT2D eigenvalue weighted by Crippen LogP contribution is 2.23. The van der Waals surface area contributed by atoms with Crippen molar-refractivity contribution in [1.82, 2.24) is 15.1 Å². The molecule has 2 aromatic rings. The van der Waals surface area contributed by atoms with E-state index in [4.69, 9.17) is 11.6 Å². The van der Waals surface area contributed by atoms with Crippen molar-refractivity contribution < 1.29 is 0 Å². The lowest BCUT2D eigenvalue weighted by molar-refractivity contribution is 0.681. The van der Waals surface area contributed by atoms with Crippen LogP contribution < -0.4 is 5.32 Å². The summed E-state index contributed by atoms with van der Waals surface area (Å²) in [7, 11) is 0. The van der Waals surface area contributed by atoms with Gasteiger partial charge in [0.2, 0.25) is 0 Å². The van der Waals surface area contributed by atoms with E-state index in [0.29, 0.717) is 6.04 Å². The number of aromatic nitrogens is 2. The van der Waals surface area contributed by atoms with Gasteiger partial charge in [0.1, 0.15) is 0 Å². The van der Waals surface area contributed by atoms with Crippen molar-refractivity contribution in [1.29, 1.82) is 0 Å². The van der Waals surface area contributed by atoms with Gasteiger partial charge in [0.25, 0.3) is 0 Å². The van der Waals surface area contributed by atoms with Gasteiger partial charge in [-0.1, -0.05) is 17.7 Å². The number of nitrogens with one attached hydrogen (secondary N) is 1. The minimum absolute atomic E-state index is 0.702. The summed E-state index contributed by atoms with van der Waals surface area (Å²) in [6.45, 7) is 2.91. The first-order valence-corrected chi connectivity index (χ1v) is 6.63. The molecule has 18 heavy (non-hydrogen) atoms. The zero-order valence-electron chi connectivity index (χ0n) is 10.4. The Labute approximate surface area is 112 Å². The molecule has 4 heteroatoms. The summed E-state index contributed by atoms with van der Waals surface area (Å²) in [6.07, 6.45) is 6.47. The maximum absolute atomic E-state index is 6.09. The van der Waals surface area contributed by atoms with Crippen LogP contribution in [0.5, 0.6) is 0 Å². The lowest BCUT2D eigenvalue weighted by atomic mass is 10.1. The number of halogens is 1. The van der Waals surface area contributed by atoms with E-state index in [1.165, 1.54) is 18.4 Å². The maximum atomic E-state index is 6.09. The SMILES string of the molecule is Cc1cnn(-c2cc(Cl)ccc2CNC2CC2)c1. The van der Waals surface area contributed by atoms with E-state index >= 15 is 0 Å². The average molecular weight is 262 g/mol. The minimum Gasteiger partial charge on any atom is -0.310 e. The molecule has 0 radical (unpaired) electrons. The van der Waals surface area contributed by atoms with Crippen molar-refractivity contribution in [2.75, 3.05) is 0 Å². The molecule has 1 heterocycles. The first-order chi connectivity index (χ1) is 8.72. The van der Waals surface area contributed by atoms with E-state index in [1.807, 2.05) is 36.1 Å². The maximum Gasteiger partial charge on any atom is 0.0705 e.